The molecule has 3 rings (SSSR count). The minimum absolute atomic E-state index is 0.135. The number of amides is 1. The first-order valence-corrected chi connectivity index (χ1v) is 8.77. The zero-order chi connectivity index (χ0) is 19.1. The van der Waals surface area contributed by atoms with Gasteiger partial charge in [0.05, 0.1) is 19.8 Å². The second kappa shape index (κ2) is 8.84. The molecule has 0 aliphatic carbocycles. The largest absolute Gasteiger partial charge is 0.490 e. The molecule has 1 N–H and O–H groups in total. The smallest absolute Gasteiger partial charge is 0.251 e. The third kappa shape index (κ3) is 4.63. The summed E-state index contributed by atoms with van der Waals surface area (Å²) in [7, 11) is 0. The Bertz CT molecular complexity index is 893. The molecule has 7 nitrogen and oxygen atoms in total. The summed E-state index contributed by atoms with van der Waals surface area (Å²) < 4.78 is 16.3. The van der Waals surface area contributed by atoms with Crippen LogP contribution in [0.2, 0.25) is 0 Å². The van der Waals surface area contributed by atoms with Crippen molar-refractivity contribution < 1.29 is 18.8 Å². The van der Waals surface area contributed by atoms with Gasteiger partial charge in [-0.05, 0) is 32.0 Å². The van der Waals surface area contributed by atoms with Gasteiger partial charge in [0.15, 0.2) is 11.5 Å². The van der Waals surface area contributed by atoms with Crippen LogP contribution in [0, 0.1) is 0 Å². The SMILES string of the molecule is CCOc1ccc(C(=O)NCc2nc(-c3ccccc3)no2)cc1OCC. The average Bonchev–Trinajstić information content (AvgIpc) is 3.17. The van der Waals surface area contributed by atoms with Crippen molar-refractivity contribution in [3.63, 3.8) is 0 Å². The molecule has 0 unspecified atom stereocenters. The van der Waals surface area contributed by atoms with Gasteiger partial charge in [-0.15, -0.1) is 0 Å². The lowest BCUT2D eigenvalue weighted by Crippen LogP contribution is -2.23. The third-order valence-electron chi connectivity index (χ3n) is 3.71. The van der Waals surface area contributed by atoms with Crippen LogP contribution in [0.1, 0.15) is 30.1 Å². The summed E-state index contributed by atoms with van der Waals surface area (Å²) in [5.41, 5.74) is 1.32. The van der Waals surface area contributed by atoms with Gasteiger partial charge in [-0.25, -0.2) is 0 Å². The van der Waals surface area contributed by atoms with Crippen LogP contribution in [-0.4, -0.2) is 29.3 Å². The molecule has 1 heterocycles. The summed E-state index contributed by atoms with van der Waals surface area (Å²) in [6, 6.07) is 14.6. The van der Waals surface area contributed by atoms with E-state index in [1.165, 1.54) is 0 Å². The molecule has 7 heteroatoms. The van der Waals surface area contributed by atoms with Crippen molar-refractivity contribution >= 4 is 5.91 Å². The number of ether oxygens (including phenoxy) is 2. The number of carbonyl (C=O) groups excluding carboxylic acids is 1. The number of nitrogens with one attached hydrogen (secondary N) is 1. The Morgan fingerprint density at radius 2 is 1.78 bits per heavy atom. The molecule has 0 saturated heterocycles. The van der Waals surface area contributed by atoms with Crippen molar-refractivity contribution in [2.45, 2.75) is 20.4 Å². The maximum absolute atomic E-state index is 12.4. The Hall–Kier alpha value is -3.35. The molecule has 0 aliphatic heterocycles. The topological polar surface area (TPSA) is 86.5 Å². The van der Waals surface area contributed by atoms with Gasteiger partial charge in [-0.3, -0.25) is 4.79 Å². The molecule has 2 aromatic carbocycles. The van der Waals surface area contributed by atoms with Crippen molar-refractivity contribution in [1.82, 2.24) is 15.5 Å². The zero-order valence-electron chi connectivity index (χ0n) is 15.3. The quantitative estimate of drug-likeness (QED) is 0.656. The van der Waals surface area contributed by atoms with Crippen LogP contribution < -0.4 is 14.8 Å². The Balaban J connectivity index is 1.66. The summed E-state index contributed by atoms with van der Waals surface area (Å²) in [5, 5.41) is 6.70. The fourth-order valence-corrected chi connectivity index (χ4v) is 2.48. The fraction of sp³-hybridized carbons (Fsp3) is 0.250. The highest BCUT2D eigenvalue weighted by Crippen LogP contribution is 2.28. The Kier molecular flexibility index (Phi) is 6.04. The minimum atomic E-state index is -0.265. The van der Waals surface area contributed by atoms with Crippen molar-refractivity contribution in [3.8, 4) is 22.9 Å². The van der Waals surface area contributed by atoms with Gasteiger partial charge >= 0.3 is 0 Å². The maximum atomic E-state index is 12.4. The Morgan fingerprint density at radius 3 is 2.52 bits per heavy atom. The first-order chi connectivity index (χ1) is 13.2. The van der Waals surface area contributed by atoms with E-state index < -0.39 is 0 Å². The van der Waals surface area contributed by atoms with Gasteiger partial charge in [0.1, 0.15) is 0 Å². The highest BCUT2D eigenvalue weighted by molar-refractivity contribution is 5.94. The zero-order valence-corrected chi connectivity index (χ0v) is 15.3. The summed E-state index contributed by atoms with van der Waals surface area (Å²) in [6.45, 7) is 4.91. The van der Waals surface area contributed by atoms with Crippen LogP contribution in [0.5, 0.6) is 11.5 Å². The van der Waals surface area contributed by atoms with Gasteiger partial charge in [-0.2, -0.15) is 4.98 Å². The van der Waals surface area contributed by atoms with E-state index >= 15 is 0 Å². The van der Waals surface area contributed by atoms with Gasteiger partial charge < -0.3 is 19.3 Å². The number of hydrogen-bond acceptors (Lipinski definition) is 6. The van der Waals surface area contributed by atoms with Crippen LogP contribution in [0.25, 0.3) is 11.4 Å². The number of aromatic nitrogens is 2. The van der Waals surface area contributed by atoms with E-state index in [2.05, 4.69) is 15.5 Å². The van der Waals surface area contributed by atoms with Crippen LogP contribution in [-0.2, 0) is 6.54 Å². The van der Waals surface area contributed by atoms with Gasteiger partial charge in [0.2, 0.25) is 11.7 Å². The van der Waals surface area contributed by atoms with Crippen molar-refractivity contribution in [3.05, 3.63) is 60.0 Å². The summed E-state index contributed by atoms with van der Waals surface area (Å²) in [6.07, 6.45) is 0. The second-order valence-electron chi connectivity index (χ2n) is 5.59. The third-order valence-corrected chi connectivity index (χ3v) is 3.71. The molecule has 0 fully saturated rings. The number of hydrogen-bond donors (Lipinski definition) is 1. The molecule has 1 amide bonds. The molecule has 0 atom stereocenters. The van der Waals surface area contributed by atoms with E-state index in [-0.39, 0.29) is 12.5 Å². The lowest BCUT2D eigenvalue weighted by atomic mass is 10.2. The first kappa shape index (κ1) is 18.4. The van der Waals surface area contributed by atoms with Crippen molar-refractivity contribution in [2.75, 3.05) is 13.2 Å². The van der Waals surface area contributed by atoms with Crippen LogP contribution >= 0.6 is 0 Å². The predicted molar refractivity (Wildman–Crippen MR) is 99.7 cm³/mol. The van der Waals surface area contributed by atoms with Crippen LogP contribution in [0.4, 0.5) is 0 Å². The molecule has 0 radical (unpaired) electrons. The predicted octanol–water partition coefficient (Wildman–Crippen LogP) is 3.46. The molecule has 0 bridgehead atoms. The number of carbonyl (C=O) groups is 1. The number of rotatable bonds is 8. The lowest BCUT2D eigenvalue weighted by molar-refractivity contribution is 0.0945. The van der Waals surface area contributed by atoms with Gasteiger partial charge in [0, 0.05) is 11.1 Å². The lowest BCUT2D eigenvalue weighted by Gasteiger charge is -2.12. The molecule has 0 aliphatic rings. The van der Waals surface area contributed by atoms with Crippen LogP contribution in [0.3, 0.4) is 0 Å². The Morgan fingerprint density at radius 1 is 1.04 bits per heavy atom. The first-order valence-electron chi connectivity index (χ1n) is 8.77. The van der Waals surface area contributed by atoms with E-state index in [1.807, 2.05) is 44.2 Å². The van der Waals surface area contributed by atoms with E-state index in [1.54, 1.807) is 18.2 Å². The molecule has 140 valence electrons. The number of benzene rings is 2. The summed E-state index contributed by atoms with van der Waals surface area (Å²) in [5.74, 6) is 1.70. The fourth-order valence-electron chi connectivity index (χ4n) is 2.48. The monoisotopic (exact) mass is 367 g/mol. The van der Waals surface area contributed by atoms with Gasteiger partial charge in [-0.1, -0.05) is 35.5 Å². The second-order valence-corrected chi connectivity index (χ2v) is 5.59. The highest BCUT2D eigenvalue weighted by Gasteiger charge is 2.13. The van der Waals surface area contributed by atoms with Crippen molar-refractivity contribution in [1.29, 1.82) is 0 Å². The normalized spacial score (nSPS) is 10.4. The van der Waals surface area contributed by atoms with Crippen molar-refractivity contribution in [2.24, 2.45) is 0 Å². The van der Waals surface area contributed by atoms with E-state index in [4.69, 9.17) is 14.0 Å². The van der Waals surface area contributed by atoms with E-state index in [9.17, 15) is 4.79 Å². The average molecular weight is 367 g/mol. The van der Waals surface area contributed by atoms with E-state index in [0.29, 0.717) is 42.0 Å². The standard InChI is InChI=1S/C20H21N3O4/c1-3-25-16-11-10-15(12-17(16)26-4-2)20(24)21-13-18-22-19(23-27-18)14-8-6-5-7-9-14/h5-12H,3-4,13H2,1-2H3,(H,21,24). The summed E-state index contributed by atoms with van der Waals surface area (Å²) >= 11 is 0. The molecule has 27 heavy (non-hydrogen) atoms. The molecular formula is C20H21N3O4. The molecular weight excluding hydrogens is 346 g/mol. The Labute approximate surface area is 157 Å². The molecule has 0 saturated carbocycles. The molecule has 3 aromatic rings. The number of nitrogens with zero attached hydrogens (tertiary/aromatic N) is 2. The summed E-state index contributed by atoms with van der Waals surface area (Å²) in [4.78, 5) is 16.7. The maximum Gasteiger partial charge on any atom is 0.251 e. The molecule has 1 aromatic heterocycles. The van der Waals surface area contributed by atoms with Crippen LogP contribution in [0.15, 0.2) is 53.1 Å². The van der Waals surface area contributed by atoms with Gasteiger partial charge in [0.25, 0.3) is 5.91 Å². The minimum Gasteiger partial charge on any atom is -0.490 e. The molecule has 0 spiro atoms. The highest BCUT2D eigenvalue weighted by atomic mass is 16.5. The van der Waals surface area contributed by atoms with E-state index in [0.717, 1.165) is 5.56 Å².